The average molecular weight is 154 g/mol. The molecule has 1 heterocycles. The summed E-state index contributed by atoms with van der Waals surface area (Å²) in [5.41, 5.74) is 0.861. The zero-order chi connectivity index (χ0) is 8.27. The van der Waals surface area contributed by atoms with E-state index in [9.17, 15) is 4.79 Å². The molecular weight excluding hydrogens is 140 g/mol. The minimum absolute atomic E-state index is 0.156. The Kier molecular flexibility index (Phi) is 2.69. The van der Waals surface area contributed by atoms with Crippen molar-refractivity contribution in [2.45, 2.75) is 26.7 Å². The van der Waals surface area contributed by atoms with Crippen molar-refractivity contribution in [3.63, 3.8) is 0 Å². The highest BCUT2D eigenvalue weighted by molar-refractivity contribution is 5.96. The fraction of sp³-hybridized carbons (Fsp3) is 0.667. The molecule has 0 radical (unpaired) electrons. The molecule has 0 spiro atoms. The Balaban J connectivity index is 2.53. The summed E-state index contributed by atoms with van der Waals surface area (Å²) in [5, 5.41) is 0. The van der Waals surface area contributed by atoms with E-state index in [1.165, 1.54) is 0 Å². The summed E-state index contributed by atoms with van der Waals surface area (Å²) in [6, 6.07) is 0. The first-order valence-electron chi connectivity index (χ1n) is 4.10. The van der Waals surface area contributed by atoms with Crippen LogP contribution in [0.2, 0.25) is 0 Å². The van der Waals surface area contributed by atoms with Gasteiger partial charge in [0, 0.05) is 17.9 Å². The lowest BCUT2D eigenvalue weighted by Gasteiger charge is -2.05. The summed E-state index contributed by atoms with van der Waals surface area (Å²) in [4.78, 5) is 11.4. The Morgan fingerprint density at radius 3 is 3.00 bits per heavy atom. The maximum Gasteiger partial charge on any atom is 0.164 e. The number of ether oxygens (including phenoxy) is 1. The van der Waals surface area contributed by atoms with Gasteiger partial charge in [0.2, 0.25) is 0 Å². The third-order valence-electron chi connectivity index (χ3n) is 2.09. The van der Waals surface area contributed by atoms with E-state index in [0.717, 1.165) is 18.4 Å². The van der Waals surface area contributed by atoms with E-state index < -0.39 is 0 Å². The van der Waals surface area contributed by atoms with Gasteiger partial charge in [-0.3, -0.25) is 4.79 Å². The van der Waals surface area contributed by atoms with Crippen molar-refractivity contribution in [1.82, 2.24) is 0 Å². The number of Topliss-reactive ketones (excluding diaryl/α,β-unsaturated/α-hetero) is 1. The Bertz CT molecular complexity index is 182. The van der Waals surface area contributed by atoms with Gasteiger partial charge in [-0.15, -0.1) is 0 Å². The Labute approximate surface area is 67.2 Å². The van der Waals surface area contributed by atoms with Crippen LogP contribution in [-0.4, -0.2) is 12.4 Å². The fourth-order valence-corrected chi connectivity index (χ4v) is 1.07. The highest BCUT2D eigenvalue weighted by Gasteiger charge is 2.18. The molecule has 1 aliphatic heterocycles. The SMILES string of the molecule is CCC(C)C(=O)C1=COCC1. The molecular formula is C9H14O2. The van der Waals surface area contributed by atoms with E-state index in [1.54, 1.807) is 6.26 Å². The van der Waals surface area contributed by atoms with Crippen LogP contribution >= 0.6 is 0 Å². The van der Waals surface area contributed by atoms with Crippen molar-refractivity contribution in [1.29, 1.82) is 0 Å². The number of hydrogen-bond donors (Lipinski definition) is 0. The molecule has 1 atom stereocenters. The van der Waals surface area contributed by atoms with Crippen molar-refractivity contribution in [3.8, 4) is 0 Å². The summed E-state index contributed by atoms with van der Waals surface area (Å²) in [6.45, 7) is 4.66. The van der Waals surface area contributed by atoms with E-state index in [-0.39, 0.29) is 11.7 Å². The van der Waals surface area contributed by atoms with Crippen molar-refractivity contribution in [3.05, 3.63) is 11.8 Å². The van der Waals surface area contributed by atoms with Crippen LogP contribution in [0.1, 0.15) is 26.7 Å². The normalized spacial score (nSPS) is 18.9. The van der Waals surface area contributed by atoms with E-state index in [0.29, 0.717) is 6.61 Å². The summed E-state index contributed by atoms with van der Waals surface area (Å²) in [5.74, 6) is 0.410. The van der Waals surface area contributed by atoms with E-state index >= 15 is 0 Å². The second kappa shape index (κ2) is 3.56. The second-order valence-corrected chi connectivity index (χ2v) is 2.94. The van der Waals surface area contributed by atoms with Gasteiger partial charge in [-0.1, -0.05) is 13.8 Å². The third-order valence-corrected chi connectivity index (χ3v) is 2.09. The predicted molar refractivity (Wildman–Crippen MR) is 43.1 cm³/mol. The topological polar surface area (TPSA) is 26.3 Å². The lowest BCUT2D eigenvalue weighted by Crippen LogP contribution is -2.11. The fourth-order valence-electron chi connectivity index (χ4n) is 1.07. The first-order valence-corrected chi connectivity index (χ1v) is 4.10. The summed E-state index contributed by atoms with van der Waals surface area (Å²) < 4.78 is 4.99. The van der Waals surface area contributed by atoms with Gasteiger partial charge in [-0.25, -0.2) is 0 Å². The highest BCUT2D eigenvalue weighted by Crippen LogP contribution is 2.17. The summed E-state index contributed by atoms with van der Waals surface area (Å²) in [7, 11) is 0. The molecule has 1 rings (SSSR count). The van der Waals surface area contributed by atoms with Crippen molar-refractivity contribution >= 4 is 5.78 Å². The molecule has 2 nitrogen and oxygen atoms in total. The van der Waals surface area contributed by atoms with Crippen molar-refractivity contribution < 1.29 is 9.53 Å². The number of ketones is 1. The Hall–Kier alpha value is -0.790. The third kappa shape index (κ3) is 1.82. The Morgan fingerprint density at radius 2 is 2.55 bits per heavy atom. The molecule has 1 aliphatic rings. The number of carbonyl (C=O) groups is 1. The molecule has 62 valence electrons. The van der Waals surface area contributed by atoms with E-state index in [2.05, 4.69) is 0 Å². The predicted octanol–water partition coefficient (Wildman–Crippen LogP) is 1.91. The lowest BCUT2D eigenvalue weighted by molar-refractivity contribution is -0.118. The molecule has 0 aromatic carbocycles. The first kappa shape index (κ1) is 8.31. The minimum atomic E-state index is 0.156. The van der Waals surface area contributed by atoms with Gasteiger partial charge < -0.3 is 4.74 Å². The quantitative estimate of drug-likeness (QED) is 0.620. The molecule has 0 aromatic rings. The number of carbonyl (C=O) groups excluding carboxylic acids is 1. The number of hydrogen-bond acceptors (Lipinski definition) is 2. The molecule has 0 saturated carbocycles. The monoisotopic (exact) mass is 154 g/mol. The van der Waals surface area contributed by atoms with Crippen LogP contribution in [0, 0.1) is 5.92 Å². The van der Waals surface area contributed by atoms with Gasteiger partial charge in [-0.2, -0.15) is 0 Å². The molecule has 0 fully saturated rings. The molecule has 0 amide bonds. The van der Waals surface area contributed by atoms with Crippen LogP contribution in [0.25, 0.3) is 0 Å². The van der Waals surface area contributed by atoms with Crippen molar-refractivity contribution in [2.75, 3.05) is 6.61 Å². The highest BCUT2D eigenvalue weighted by atomic mass is 16.5. The van der Waals surface area contributed by atoms with Crippen LogP contribution in [0.5, 0.6) is 0 Å². The van der Waals surface area contributed by atoms with Gasteiger partial charge in [0.25, 0.3) is 0 Å². The standard InChI is InChI=1S/C9H14O2/c1-3-7(2)9(10)8-4-5-11-6-8/h6-7H,3-5H2,1-2H3. The molecule has 2 heteroatoms. The molecule has 1 unspecified atom stereocenters. The smallest absolute Gasteiger partial charge is 0.164 e. The average Bonchev–Trinajstić information content (AvgIpc) is 2.53. The van der Waals surface area contributed by atoms with Gasteiger partial charge in [0.15, 0.2) is 5.78 Å². The molecule has 11 heavy (non-hydrogen) atoms. The van der Waals surface area contributed by atoms with Gasteiger partial charge in [-0.05, 0) is 6.42 Å². The zero-order valence-electron chi connectivity index (χ0n) is 7.09. The molecule has 0 aliphatic carbocycles. The van der Waals surface area contributed by atoms with Crippen LogP contribution in [0.15, 0.2) is 11.8 Å². The van der Waals surface area contributed by atoms with Crippen LogP contribution in [0.4, 0.5) is 0 Å². The zero-order valence-corrected chi connectivity index (χ0v) is 7.09. The van der Waals surface area contributed by atoms with E-state index in [4.69, 9.17) is 4.74 Å². The lowest BCUT2D eigenvalue weighted by atomic mass is 9.97. The first-order chi connectivity index (χ1) is 5.25. The molecule has 0 saturated heterocycles. The second-order valence-electron chi connectivity index (χ2n) is 2.94. The maximum atomic E-state index is 11.4. The molecule has 0 aromatic heterocycles. The van der Waals surface area contributed by atoms with Crippen LogP contribution in [0.3, 0.4) is 0 Å². The van der Waals surface area contributed by atoms with Crippen LogP contribution in [-0.2, 0) is 9.53 Å². The van der Waals surface area contributed by atoms with Gasteiger partial charge >= 0.3 is 0 Å². The van der Waals surface area contributed by atoms with E-state index in [1.807, 2.05) is 13.8 Å². The maximum absolute atomic E-state index is 11.4. The molecule has 0 N–H and O–H groups in total. The van der Waals surface area contributed by atoms with Gasteiger partial charge in [0.05, 0.1) is 12.9 Å². The molecule has 0 bridgehead atoms. The summed E-state index contributed by atoms with van der Waals surface area (Å²) >= 11 is 0. The van der Waals surface area contributed by atoms with Crippen LogP contribution < -0.4 is 0 Å². The largest absolute Gasteiger partial charge is 0.500 e. The van der Waals surface area contributed by atoms with Crippen molar-refractivity contribution in [2.24, 2.45) is 5.92 Å². The minimum Gasteiger partial charge on any atom is -0.500 e. The number of rotatable bonds is 3. The Morgan fingerprint density at radius 1 is 1.82 bits per heavy atom. The van der Waals surface area contributed by atoms with Gasteiger partial charge in [0.1, 0.15) is 0 Å². The summed E-state index contributed by atoms with van der Waals surface area (Å²) in [6.07, 6.45) is 3.31.